The van der Waals surface area contributed by atoms with Crippen molar-refractivity contribution in [2.45, 2.75) is 25.2 Å². The van der Waals surface area contributed by atoms with E-state index < -0.39 is 29.4 Å². The van der Waals surface area contributed by atoms with Crippen LogP contribution in [0.3, 0.4) is 0 Å². The van der Waals surface area contributed by atoms with E-state index in [9.17, 15) is 35.9 Å². The highest BCUT2D eigenvalue weighted by atomic mass is 19.4. The van der Waals surface area contributed by atoms with E-state index in [1.807, 2.05) is 0 Å². The second-order valence-electron chi connectivity index (χ2n) is 8.53. The van der Waals surface area contributed by atoms with Crippen molar-refractivity contribution in [3.8, 4) is 11.1 Å². The molecule has 1 saturated carbocycles. The summed E-state index contributed by atoms with van der Waals surface area (Å²) in [5, 5.41) is 19.3. The molecule has 40 heavy (non-hydrogen) atoms. The first-order chi connectivity index (χ1) is 18.8. The molecular formula is C24H18F6N6O4. The number of aromatic nitrogens is 4. The Morgan fingerprint density at radius 1 is 1.05 bits per heavy atom. The number of alkyl halides is 6. The Kier molecular flexibility index (Phi) is 7.53. The molecule has 4 aromatic rings. The van der Waals surface area contributed by atoms with Crippen molar-refractivity contribution in [3.05, 3.63) is 64.8 Å². The van der Waals surface area contributed by atoms with E-state index in [1.165, 1.54) is 36.8 Å². The number of carbonyl (C=O) groups is 2. The van der Waals surface area contributed by atoms with Gasteiger partial charge in [-0.2, -0.15) is 31.4 Å². The fraction of sp³-hybridized carbons (Fsp3) is 0.208. The van der Waals surface area contributed by atoms with Gasteiger partial charge in [0, 0.05) is 41.2 Å². The van der Waals surface area contributed by atoms with Crippen LogP contribution < -0.4 is 16.2 Å². The van der Waals surface area contributed by atoms with E-state index in [1.54, 1.807) is 6.07 Å². The molecule has 0 atom stereocenters. The second-order valence-corrected chi connectivity index (χ2v) is 8.53. The molecule has 0 bridgehead atoms. The highest BCUT2D eigenvalue weighted by Gasteiger charge is 2.38. The van der Waals surface area contributed by atoms with Crippen LogP contribution in [0.5, 0.6) is 0 Å². The fourth-order valence-electron chi connectivity index (χ4n) is 3.67. The number of carboxylic acids is 1. The lowest BCUT2D eigenvalue weighted by atomic mass is 9.99. The van der Waals surface area contributed by atoms with Gasteiger partial charge in [0.25, 0.3) is 5.56 Å². The number of pyridine rings is 2. The summed E-state index contributed by atoms with van der Waals surface area (Å²) in [5.41, 5.74) is -0.632. The van der Waals surface area contributed by atoms with Crippen molar-refractivity contribution >= 4 is 40.0 Å². The quantitative estimate of drug-likeness (QED) is 0.211. The zero-order chi connectivity index (χ0) is 29.2. The number of carbonyl (C=O) groups excluding carboxylic acids is 1. The van der Waals surface area contributed by atoms with Gasteiger partial charge in [0.2, 0.25) is 5.91 Å². The van der Waals surface area contributed by atoms with Crippen LogP contribution in [-0.2, 0) is 15.8 Å². The molecule has 1 fully saturated rings. The Labute approximate surface area is 219 Å². The van der Waals surface area contributed by atoms with Gasteiger partial charge >= 0.3 is 18.3 Å². The number of nitrogens with zero attached hydrogens (tertiary/aromatic N) is 2. The first-order valence-electron chi connectivity index (χ1n) is 11.4. The van der Waals surface area contributed by atoms with Crippen LogP contribution in [0.1, 0.15) is 18.4 Å². The molecule has 0 spiro atoms. The molecule has 210 valence electrons. The minimum absolute atomic E-state index is 0.0748. The molecule has 10 nitrogen and oxygen atoms in total. The van der Waals surface area contributed by atoms with Crippen molar-refractivity contribution in [1.82, 2.24) is 20.2 Å². The van der Waals surface area contributed by atoms with Crippen molar-refractivity contribution in [1.29, 1.82) is 0 Å². The topological polar surface area (TPSA) is 153 Å². The molecular weight excluding hydrogens is 550 g/mol. The van der Waals surface area contributed by atoms with Crippen molar-refractivity contribution in [2.75, 3.05) is 10.6 Å². The molecule has 3 aromatic heterocycles. The van der Waals surface area contributed by atoms with Crippen LogP contribution >= 0.6 is 0 Å². The molecule has 1 aliphatic rings. The highest BCUT2D eigenvalue weighted by molar-refractivity contribution is 5.99. The SMILES string of the molecule is O=C(Nc1cc(Nc2cccc(C(F)(F)F)c2-c2cn[nH]c2)c2c(=O)[nH]ccc2n1)C1CC1.O=C(O)C(F)(F)F. The summed E-state index contributed by atoms with van der Waals surface area (Å²) in [6, 6.07) is 6.73. The van der Waals surface area contributed by atoms with Gasteiger partial charge in [-0.15, -0.1) is 0 Å². The van der Waals surface area contributed by atoms with Crippen LogP contribution in [0.2, 0.25) is 0 Å². The van der Waals surface area contributed by atoms with Crippen molar-refractivity contribution in [2.24, 2.45) is 5.92 Å². The number of nitrogens with one attached hydrogen (secondary N) is 4. The third kappa shape index (κ3) is 6.39. The zero-order valence-electron chi connectivity index (χ0n) is 19.9. The number of aliphatic carboxylic acids is 1. The first-order valence-corrected chi connectivity index (χ1v) is 11.4. The number of halogens is 6. The summed E-state index contributed by atoms with van der Waals surface area (Å²) < 4.78 is 73.1. The molecule has 0 aliphatic heterocycles. The third-order valence-electron chi connectivity index (χ3n) is 5.60. The molecule has 3 heterocycles. The monoisotopic (exact) mass is 568 g/mol. The number of hydrogen-bond donors (Lipinski definition) is 5. The average Bonchev–Trinajstić information content (AvgIpc) is 3.58. The maximum absolute atomic E-state index is 13.8. The number of carboxylic acid groups (broad SMARTS) is 1. The maximum atomic E-state index is 13.8. The van der Waals surface area contributed by atoms with E-state index in [0.29, 0.717) is 0 Å². The molecule has 5 rings (SSSR count). The minimum atomic E-state index is -5.08. The van der Waals surface area contributed by atoms with Crippen LogP contribution in [0.15, 0.2) is 53.7 Å². The number of H-pyrrole nitrogens is 2. The molecule has 16 heteroatoms. The van der Waals surface area contributed by atoms with Crippen LogP contribution in [0, 0.1) is 5.92 Å². The van der Waals surface area contributed by atoms with E-state index in [0.717, 1.165) is 18.9 Å². The summed E-state index contributed by atoms with van der Waals surface area (Å²) in [4.78, 5) is 40.6. The second kappa shape index (κ2) is 10.7. The molecule has 1 amide bonds. The smallest absolute Gasteiger partial charge is 0.475 e. The van der Waals surface area contributed by atoms with Gasteiger partial charge in [0.05, 0.1) is 28.4 Å². The summed E-state index contributed by atoms with van der Waals surface area (Å²) >= 11 is 0. The number of rotatable bonds is 5. The third-order valence-corrected chi connectivity index (χ3v) is 5.60. The predicted molar refractivity (Wildman–Crippen MR) is 130 cm³/mol. The van der Waals surface area contributed by atoms with E-state index >= 15 is 0 Å². The van der Waals surface area contributed by atoms with Gasteiger partial charge in [0.15, 0.2) is 0 Å². The number of hydrogen-bond acceptors (Lipinski definition) is 6. The van der Waals surface area contributed by atoms with Crippen LogP contribution in [0.25, 0.3) is 22.0 Å². The molecule has 1 aliphatic carbocycles. The number of fused-ring (bicyclic) bond motifs is 1. The lowest BCUT2D eigenvalue weighted by Crippen LogP contribution is -2.21. The van der Waals surface area contributed by atoms with Gasteiger partial charge in [-0.3, -0.25) is 14.7 Å². The van der Waals surface area contributed by atoms with E-state index in [2.05, 4.69) is 30.8 Å². The molecule has 5 N–H and O–H groups in total. The summed E-state index contributed by atoms with van der Waals surface area (Å²) in [7, 11) is 0. The van der Waals surface area contributed by atoms with Gasteiger partial charge in [-0.25, -0.2) is 9.78 Å². The van der Waals surface area contributed by atoms with Crippen molar-refractivity contribution < 1.29 is 41.0 Å². The predicted octanol–water partition coefficient (Wildman–Crippen LogP) is 5.06. The Balaban J connectivity index is 0.000000470. The van der Waals surface area contributed by atoms with E-state index in [4.69, 9.17) is 9.90 Å². The standard InChI is InChI=1S/C22H17F3N6O2.C2HF3O2/c23-22(24,25)13-2-1-3-14(18(13)12-9-27-28-10-12)29-16-8-17(31-20(32)11-4-5-11)30-15-6-7-26-21(33)19(15)16;3-2(4,5)1(6)7/h1-3,6-11H,4-5H2,(H,26,33)(H,27,28)(H2,29,30,31,32);(H,6,7). The van der Waals surface area contributed by atoms with Gasteiger partial charge in [0.1, 0.15) is 5.82 Å². The van der Waals surface area contributed by atoms with E-state index in [-0.39, 0.29) is 51.0 Å². The van der Waals surface area contributed by atoms with Gasteiger partial charge in [-0.1, -0.05) is 6.07 Å². The largest absolute Gasteiger partial charge is 0.490 e. The summed E-state index contributed by atoms with van der Waals surface area (Å²) in [5.74, 6) is -2.82. The van der Waals surface area contributed by atoms with Crippen LogP contribution in [-0.4, -0.2) is 43.3 Å². The average molecular weight is 568 g/mol. The van der Waals surface area contributed by atoms with Gasteiger partial charge in [-0.05, 0) is 31.0 Å². The Bertz CT molecular complexity index is 1610. The molecule has 0 radical (unpaired) electrons. The minimum Gasteiger partial charge on any atom is -0.475 e. The fourth-order valence-corrected chi connectivity index (χ4v) is 3.67. The lowest BCUT2D eigenvalue weighted by Gasteiger charge is -2.18. The highest BCUT2D eigenvalue weighted by Crippen LogP contribution is 2.42. The first kappa shape index (κ1) is 28.1. The maximum Gasteiger partial charge on any atom is 0.490 e. The van der Waals surface area contributed by atoms with Crippen molar-refractivity contribution in [3.63, 3.8) is 0 Å². The lowest BCUT2D eigenvalue weighted by molar-refractivity contribution is -0.192. The summed E-state index contributed by atoms with van der Waals surface area (Å²) in [6.07, 6.45) is -4.06. The van der Waals surface area contributed by atoms with Crippen LogP contribution in [0.4, 0.5) is 43.5 Å². The number of benzene rings is 1. The molecule has 0 saturated heterocycles. The molecule has 1 aromatic carbocycles. The molecule has 0 unspecified atom stereocenters. The normalized spacial score (nSPS) is 13.3. The number of anilines is 3. The Morgan fingerprint density at radius 2 is 1.75 bits per heavy atom. The Hall–Kier alpha value is -4.89. The summed E-state index contributed by atoms with van der Waals surface area (Å²) in [6.45, 7) is 0. The Morgan fingerprint density at radius 3 is 2.33 bits per heavy atom. The van der Waals surface area contributed by atoms with Gasteiger partial charge < -0.3 is 20.7 Å². The zero-order valence-corrected chi connectivity index (χ0v) is 19.9. The number of aromatic amines is 2. The number of amides is 1.